The first-order valence-electron chi connectivity index (χ1n) is 9.85. The molecule has 2 aromatic carbocycles. The Hall–Kier alpha value is -3.55. The van der Waals surface area contributed by atoms with Crippen molar-refractivity contribution in [1.29, 1.82) is 0 Å². The highest BCUT2D eigenvalue weighted by atomic mass is 19.2. The van der Waals surface area contributed by atoms with E-state index < -0.39 is 11.6 Å². The minimum atomic E-state index is -0.965. The minimum absolute atomic E-state index is 0.0401. The molecular formula is C22H20F2N6. The molecule has 0 amide bonds. The number of fused-ring (bicyclic) bond motifs is 1. The highest BCUT2D eigenvalue weighted by Gasteiger charge is 2.24. The Morgan fingerprint density at radius 2 is 1.77 bits per heavy atom. The molecule has 0 atom stereocenters. The molecular weight excluding hydrogens is 386 g/mol. The van der Waals surface area contributed by atoms with E-state index in [-0.39, 0.29) is 17.1 Å². The maximum atomic E-state index is 14.7. The zero-order valence-electron chi connectivity index (χ0n) is 16.4. The third kappa shape index (κ3) is 2.96. The quantitative estimate of drug-likeness (QED) is 0.551. The zero-order valence-corrected chi connectivity index (χ0v) is 16.4. The van der Waals surface area contributed by atoms with Gasteiger partial charge in [-0.15, -0.1) is 5.10 Å². The number of halogens is 2. The smallest absolute Gasteiger partial charge is 0.228 e. The molecule has 2 aromatic heterocycles. The Balaban J connectivity index is 1.80. The summed E-state index contributed by atoms with van der Waals surface area (Å²) in [6.07, 6.45) is 2.07. The van der Waals surface area contributed by atoms with Crippen molar-refractivity contribution < 1.29 is 8.78 Å². The van der Waals surface area contributed by atoms with Crippen LogP contribution in [-0.2, 0) is 0 Å². The van der Waals surface area contributed by atoms with E-state index in [0.717, 1.165) is 43.2 Å². The van der Waals surface area contributed by atoms with Crippen LogP contribution in [-0.4, -0.2) is 32.8 Å². The number of nitrogens with two attached hydrogens (primary N) is 1. The van der Waals surface area contributed by atoms with Crippen molar-refractivity contribution in [2.24, 2.45) is 0 Å². The van der Waals surface area contributed by atoms with Crippen molar-refractivity contribution in [1.82, 2.24) is 19.7 Å². The fourth-order valence-electron chi connectivity index (χ4n) is 3.90. The first-order chi connectivity index (χ1) is 14.5. The number of nitrogens with zero attached hydrogens (tertiary/aromatic N) is 5. The molecule has 0 bridgehead atoms. The van der Waals surface area contributed by atoms with E-state index >= 15 is 0 Å². The maximum Gasteiger partial charge on any atom is 0.228 e. The summed E-state index contributed by atoms with van der Waals surface area (Å²) in [6.45, 7) is 3.59. The van der Waals surface area contributed by atoms with E-state index in [1.54, 1.807) is 4.68 Å². The second kappa shape index (κ2) is 7.05. The molecule has 0 spiro atoms. The lowest BCUT2D eigenvalue weighted by Crippen LogP contribution is -2.20. The number of aryl methyl sites for hydroxylation is 1. The zero-order chi connectivity index (χ0) is 20.8. The summed E-state index contributed by atoms with van der Waals surface area (Å²) >= 11 is 0. The summed E-state index contributed by atoms with van der Waals surface area (Å²) in [6, 6.07) is 11.7. The van der Waals surface area contributed by atoms with E-state index in [4.69, 9.17) is 5.73 Å². The standard InChI is InChI=1S/C22H20F2N6/c1-13-6-4-7-14(12-13)30-20(25)17-19(15-8-5-9-16(23)18(15)24)26-22(27-21(17)28-30)29-10-2-3-11-29/h4-9,12H,2-3,10-11,25H2,1H3. The molecule has 30 heavy (non-hydrogen) atoms. The van der Waals surface area contributed by atoms with E-state index in [1.807, 2.05) is 36.1 Å². The number of aromatic nitrogens is 4. The van der Waals surface area contributed by atoms with E-state index in [0.29, 0.717) is 17.0 Å². The van der Waals surface area contributed by atoms with Crippen molar-refractivity contribution >= 4 is 22.8 Å². The molecule has 8 heteroatoms. The van der Waals surface area contributed by atoms with Gasteiger partial charge in [0.1, 0.15) is 5.82 Å². The van der Waals surface area contributed by atoms with Crippen LogP contribution in [0.25, 0.3) is 28.0 Å². The van der Waals surface area contributed by atoms with Gasteiger partial charge < -0.3 is 10.6 Å². The molecule has 2 N–H and O–H groups in total. The summed E-state index contributed by atoms with van der Waals surface area (Å²) in [4.78, 5) is 11.3. The largest absolute Gasteiger partial charge is 0.383 e. The van der Waals surface area contributed by atoms with Crippen molar-refractivity contribution in [2.45, 2.75) is 19.8 Å². The Labute approximate surface area is 172 Å². The Morgan fingerprint density at radius 1 is 1.00 bits per heavy atom. The van der Waals surface area contributed by atoms with Crippen molar-refractivity contribution in [2.75, 3.05) is 23.7 Å². The van der Waals surface area contributed by atoms with Crippen LogP contribution in [0.15, 0.2) is 42.5 Å². The molecule has 0 aliphatic carbocycles. The predicted octanol–water partition coefficient (Wildman–Crippen LogP) is 4.25. The monoisotopic (exact) mass is 406 g/mol. The van der Waals surface area contributed by atoms with Gasteiger partial charge in [-0.1, -0.05) is 18.2 Å². The van der Waals surface area contributed by atoms with Crippen LogP contribution in [0.2, 0.25) is 0 Å². The lowest BCUT2D eigenvalue weighted by Gasteiger charge is -2.16. The predicted molar refractivity (Wildman–Crippen MR) is 113 cm³/mol. The summed E-state index contributed by atoms with van der Waals surface area (Å²) in [7, 11) is 0. The fourth-order valence-corrected chi connectivity index (χ4v) is 3.90. The second-order valence-corrected chi connectivity index (χ2v) is 7.50. The van der Waals surface area contributed by atoms with Gasteiger partial charge in [0.2, 0.25) is 5.95 Å². The van der Waals surface area contributed by atoms with Crippen LogP contribution >= 0.6 is 0 Å². The van der Waals surface area contributed by atoms with Gasteiger partial charge in [0, 0.05) is 18.7 Å². The number of benzene rings is 2. The molecule has 6 nitrogen and oxygen atoms in total. The van der Waals surface area contributed by atoms with Crippen LogP contribution in [0.3, 0.4) is 0 Å². The van der Waals surface area contributed by atoms with Gasteiger partial charge in [0.15, 0.2) is 17.3 Å². The van der Waals surface area contributed by atoms with Gasteiger partial charge in [-0.05, 0) is 49.6 Å². The lowest BCUT2D eigenvalue weighted by molar-refractivity contribution is 0.511. The Bertz CT molecular complexity index is 1260. The number of nitrogen functional groups attached to an aromatic ring is 1. The third-order valence-corrected chi connectivity index (χ3v) is 5.40. The molecule has 0 radical (unpaired) electrons. The first kappa shape index (κ1) is 18.5. The molecule has 1 aliphatic heterocycles. The summed E-state index contributed by atoms with van der Waals surface area (Å²) in [5, 5.41) is 5.00. The van der Waals surface area contributed by atoms with Gasteiger partial charge in [0.05, 0.1) is 16.8 Å². The van der Waals surface area contributed by atoms with Crippen LogP contribution < -0.4 is 10.6 Å². The number of hydrogen-bond donors (Lipinski definition) is 1. The maximum absolute atomic E-state index is 14.7. The van der Waals surface area contributed by atoms with E-state index in [9.17, 15) is 8.78 Å². The molecule has 3 heterocycles. The highest BCUT2D eigenvalue weighted by molar-refractivity contribution is 5.99. The van der Waals surface area contributed by atoms with Gasteiger partial charge in [-0.2, -0.15) is 4.98 Å². The van der Waals surface area contributed by atoms with Gasteiger partial charge in [-0.25, -0.2) is 18.4 Å². The molecule has 5 rings (SSSR count). The third-order valence-electron chi connectivity index (χ3n) is 5.40. The van der Waals surface area contributed by atoms with Gasteiger partial charge >= 0.3 is 0 Å². The molecule has 0 saturated carbocycles. The summed E-state index contributed by atoms with van der Waals surface area (Å²) in [5.74, 6) is -1.17. The fraction of sp³-hybridized carbons (Fsp3) is 0.227. The number of rotatable bonds is 3. The van der Waals surface area contributed by atoms with Gasteiger partial charge in [0.25, 0.3) is 0 Å². The van der Waals surface area contributed by atoms with Crippen molar-refractivity contribution in [3.8, 4) is 16.9 Å². The van der Waals surface area contributed by atoms with E-state index in [2.05, 4.69) is 15.1 Å². The SMILES string of the molecule is Cc1cccc(-n2nc3nc(N4CCCC4)nc(-c4cccc(F)c4F)c3c2N)c1. The van der Waals surface area contributed by atoms with Gasteiger partial charge in [-0.3, -0.25) is 0 Å². The normalized spacial score (nSPS) is 14.0. The molecule has 0 unspecified atom stereocenters. The van der Waals surface area contributed by atoms with Crippen LogP contribution in [0.4, 0.5) is 20.5 Å². The summed E-state index contributed by atoms with van der Waals surface area (Å²) < 4.78 is 30.3. The molecule has 1 aliphatic rings. The van der Waals surface area contributed by atoms with Crippen molar-refractivity contribution in [3.05, 3.63) is 59.7 Å². The van der Waals surface area contributed by atoms with Crippen LogP contribution in [0.1, 0.15) is 18.4 Å². The summed E-state index contributed by atoms with van der Waals surface area (Å²) in [5.41, 5.74) is 8.89. The Morgan fingerprint density at radius 3 is 2.53 bits per heavy atom. The lowest BCUT2D eigenvalue weighted by atomic mass is 10.1. The van der Waals surface area contributed by atoms with Crippen molar-refractivity contribution in [3.63, 3.8) is 0 Å². The number of hydrogen-bond acceptors (Lipinski definition) is 5. The van der Waals surface area contributed by atoms with E-state index in [1.165, 1.54) is 12.1 Å². The topological polar surface area (TPSA) is 72.9 Å². The highest BCUT2D eigenvalue weighted by Crippen LogP contribution is 2.35. The number of anilines is 2. The molecule has 152 valence electrons. The average Bonchev–Trinajstić information content (AvgIpc) is 3.38. The minimum Gasteiger partial charge on any atom is -0.383 e. The molecule has 1 saturated heterocycles. The average molecular weight is 406 g/mol. The second-order valence-electron chi connectivity index (χ2n) is 7.50. The van der Waals surface area contributed by atoms with Crippen LogP contribution in [0.5, 0.6) is 0 Å². The van der Waals surface area contributed by atoms with Crippen LogP contribution in [0, 0.1) is 18.6 Å². The Kier molecular flexibility index (Phi) is 4.34. The molecule has 4 aromatic rings. The first-order valence-corrected chi connectivity index (χ1v) is 9.85. The molecule has 1 fully saturated rings.